The molecule has 16 heavy (non-hydrogen) atoms. The summed E-state index contributed by atoms with van der Waals surface area (Å²) in [5.41, 5.74) is 0.118. The average Bonchev–Trinajstić information content (AvgIpc) is 2.25. The quantitative estimate of drug-likeness (QED) is 0.482. The lowest BCUT2D eigenvalue weighted by atomic mass is 9.84. The van der Waals surface area contributed by atoms with Crippen molar-refractivity contribution in [2.24, 2.45) is 5.92 Å². The van der Waals surface area contributed by atoms with Crippen LogP contribution in [0.2, 0.25) is 0 Å². The fourth-order valence-corrected chi connectivity index (χ4v) is 1.64. The van der Waals surface area contributed by atoms with Gasteiger partial charge in [-0.05, 0) is 32.6 Å². The first-order valence-corrected chi connectivity index (χ1v) is 6.26. The predicted molar refractivity (Wildman–Crippen MR) is 68.3 cm³/mol. The molecular weight excluding hydrogens is 200 g/mol. The molecule has 2 unspecified atom stereocenters. The van der Waals surface area contributed by atoms with Crippen LogP contribution in [0.4, 0.5) is 0 Å². The molecule has 0 aliphatic rings. The van der Waals surface area contributed by atoms with Gasteiger partial charge in [-0.1, -0.05) is 40.2 Å². The molecule has 0 N–H and O–H groups in total. The molecule has 0 bridgehead atoms. The molecule has 0 rings (SSSR count). The van der Waals surface area contributed by atoms with Crippen LogP contribution in [0.1, 0.15) is 60.3 Å². The van der Waals surface area contributed by atoms with E-state index in [9.17, 15) is 4.79 Å². The molecule has 2 nitrogen and oxygen atoms in total. The molecule has 0 fully saturated rings. The Kier molecular flexibility index (Phi) is 6.39. The van der Waals surface area contributed by atoms with Crippen LogP contribution in [0.3, 0.4) is 0 Å². The third-order valence-corrected chi connectivity index (χ3v) is 3.41. The number of ether oxygens (including phenoxy) is 1. The first kappa shape index (κ1) is 15.2. The number of rotatable bonds is 7. The monoisotopic (exact) mass is 226 g/mol. The van der Waals surface area contributed by atoms with Crippen molar-refractivity contribution in [2.45, 2.75) is 65.9 Å². The van der Waals surface area contributed by atoms with E-state index in [0.29, 0.717) is 11.5 Å². The van der Waals surface area contributed by atoms with E-state index in [4.69, 9.17) is 4.74 Å². The zero-order valence-corrected chi connectivity index (χ0v) is 11.4. The first-order chi connectivity index (χ1) is 7.37. The molecule has 0 aromatic rings. The molecule has 0 saturated carbocycles. The molecule has 0 spiro atoms. The highest BCUT2D eigenvalue weighted by molar-refractivity contribution is 5.87. The normalized spacial score (nSPS) is 16.3. The maximum atomic E-state index is 11.6. The van der Waals surface area contributed by atoms with E-state index < -0.39 is 0 Å². The highest BCUT2D eigenvalue weighted by Gasteiger charge is 2.33. The van der Waals surface area contributed by atoms with Crippen LogP contribution in [0.25, 0.3) is 0 Å². The van der Waals surface area contributed by atoms with Crippen molar-refractivity contribution in [3.63, 3.8) is 0 Å². The summed E-state index contributed by atoms with van der Waals surface area (Å²) in [7, 11) is 0. The predicted octanol–water partition coefficient (Wildman–Crippen LogP) is 4.10. The Balaban J connectivity index is 4.51. The molecule has 94 valence electrons. The van der Waals surface area contributed by atoms with Crippen molar-refractivity contribution >= 4 is 5.97 Å². The van der Waals surface area contributed by atoms with Gasteiger partial charge in [-0.2, -0.15) is 0 Å². The van der Waals surface area contributed by atoms with Gasteiger partial charge in [0.05, 0.1) is 0 Å². The third kappa shape index (κ3) is 4.38. The Bertz CT molecular complexity index is 245. The highest BCUT2D eigenvalue weighted by Crippen LogP contribution is 2.30. The van der Waals surface area contributed by atoms with Crippen molar-refractivity contribution in [1.29, 1.82) is 0 Å². The van der Waals surface area contributed by atoms with E-state index in [0.717, 1.165) is 12.8 Å². The number of hydrogen-bond donors (Lipinski definition) is 0. The average molecular weight is 226 g/mol. The van der Waals surface area contributed by atoms with E-state index >= 15 is 0 Å². The van der Waals surface area contributed by atoms with Crippen LogP contribution < -0.4 is 0 Å². The molecule has 0 radical (unpaired) electrons. The Morgan fingerprint density at radius 1 is 1.44 bits per heavy atom. The number of carbonyl (C=O) groups is 1. The second-order valence-corrected chi connectivity index (χ2v) is 4.88. The van der Waals surface area contributed by atoms with Crippen molar-refractivity contribution in [3.05, 3.63) is 12.2 Å². The zero-order chi connectivity index (χ0) is 12.8. The number of carbonyl (C=O) groups excluding carboxylic acids is 1. The Hall–Kier alpha value is -0.790. The SMILES string of the molecule is C=C(C)C(=O)OC(C)(CC)C(C)CCCC. The summed E-state index contributed by atoms with van der Waals surface area (Å²) in [6.07, 6.45) is 4.31. The molecule has 2 heteroatoms. The summed E-state index contributed by atoms with van der Waals surface area (Å²) < 4.78 is 5.57. The maximum Gasteiger partial charge on any atom is 0.333 e. The number of esters is 1. The second kappa shape index (κ2) is 6.72. The minimum Gasteiger partial charge on any atom is -0.456 e. The summed E-state index contributed by atoms with van der Waals surface area (Å²) in [4.78, 5) is 11.6. The minimum absolute atomic E-state index is 0.271. The van der Waals surface area contributed by atoms with Gasteiger partial charge in [-0.15, -0.1) is 0 Å². The van der Waals surface area contributed by atoms with Gasteiger partial charge in [0.1, 0.15) is 5.60 Å². The molecule has 0 aromatic heterocycles. The number of hydrogen-bond acceptors (Lipinski definition) is 2. The van der Waals surface area contributed by atoms with Gasteiger partial charge >= 0.3 is 5.97 Å². The lowest BCUT2D eigenvalue weighted by Gasteiger charge is -2.34. The van der Waals surface area contributed by atoms with E-state index in [1.165, 1.54) is 12.8 Å². The van der Waals surface area contributed by atoms with Gasteiger partial charge in [-0.25, -0.2) is 4.79 Å². The van der Waals surface area contributed by atoms with Gasteiger partial charge in [-0.3, -0.25) is 0 Å². The summed E-state index contributed by atoms with van der Waals surface area (Å²) in [6, 6.07) is 0. The van der Waals surface area contributed by atoms with Gasteiger partial charge in [0.15, 0.2) is 0 Å². The summed E-state index contributed by atoms with van der Waals surface area (Å²) in [5, 5.41) is 0. The molecule has 0 aliphatic heterocycles. The van der Waals surface area contributed by atoms with E-state index in [-0.39, 0.29) is 11.6 Å². The molecule has 2 atom stereocenters. The van der Waals surface area contributed by atoms with E-state index in [1.54, 1.807) is 6.92 Å². The summed E-state index contributed by atoms with van der Waals surface area (Å²) >= 11 is 0. The Morgan fingerprint density at radius 3 is 2.38 bits per heavy atom. The van der Waals surface area contributed by atoms with Crippen LogP contribution in [0, 0.1) is 5.92 Å². The van der Waals surface area contributed by atoms with Crippen LogP contribution in [0.15, 0.2) is 12.2 Å². The van der Waals surface area contributed by atoms with Crippen LogP contribution in [-0.4, -0.2) is 11.6 Å². The standard InChI is InChI=1S/C14H26O2/c1-7-9-10-12(5)14(6,8-2)16-13(15)11(3)4/h12H,3,7-10H2,1-2,4-6H3. The van der Waals surface area contributed by atoms with Gasteiger partial charge in [0.2, 0.25) is 0 Å². The summed E-state index contributed by atoms with van der Waals surface area (Å²) in [6.45, 7) is 13.7. The Labute approximate surface area is 100 Å². The Morgan fingerprint density at radius 2 is 2.00 bits per heavy atom. The van der Waals surface area contributed by atoms with Crippen LogP contribution in [-0.2, 0) is 9.53 Å². The smallest absolute Gasteiger partial charge is 0.333 e. The van der Waals surface area contributed by atoms with Crippen molar-refractivity contribution in [3.8, 4) is 0 Å². The van der Waals surface area contributed by atoms with E-state index in [2.05, 4.69) is 27.4 Å². The minimum atomic E-state index is -0.356. The first-order valence-electron chi connectivity index (χ1n) is 6.26. The third-order valence-electron chi connectivity index (χ3n) is 3.41. The van der Waals surface area contributed by atoms with Gasteiger partial charge < -0.3 is 4.74 Å². The fourth-order valence-electron chi connectivity index (χ4n) is 1.64. The maximum absolute atomic E-state index is 11.6. The van der Waals surface area contributed by atoms with Gasteiger partial charge in [0.25, 0.3) is 0 Å². The lowest BCUT2D eigenvalue weighted by Crippen LogP contribution is -2.38. The molecule has 0 aromatic carbocycles. The van der Waals surface area contributed by atoms with Crippen LogP contribution in [0.5, 0.6) is 0 Å². The van der Waals surface area contributed by atoms with Gasteiger partial charge in [0, 0.05) is 5.57 Å². The fraction of sp³-hybridized carbons (Fsp3) is 0.786. The van der Waals surface area contributed by atoms with Crippen molar-refractivity contribution in [1.82, 2.24) is 0 Å². The largest absolute Gasteiger partial charge is 0.456 e. The number of unbranched alkanes of at least 4 members (excludes halogenated alkanes) is 1. The molecule has 0 heterocycles. The lowest BCUT2D eigenvalue weighted by molar-refractivity contribution is -0.159. The van der Waals surface area contributed by atoms with Crippen molar-refractivity contribution < 1.29 is 9.53 Å². The molecular formula is C14H26O2. The molecule has 0 aliphatic carbocycles. The van der Waals surface area contributed by atoms with Crippen molar-refractivity contribution in [2.75, 3.05) is 0 Å². The van der Waals surface area contributed by atoms with Crippen LogP contribution >= 0.6 is 0 Å². The van der Waals surface area contributed by atoms with E-state index in [1.807, 2.05) is 6.92 Å². The molecule has 0 saturated heterocycles. The second-order valence-electron chi connectivity index (χ2n) is 4.88. The highest BCUT2D eigenvalue weighted by atomic mass is 16.6. The zero-order valence-electron chi connectivity index (χ0n) is 11.4. The summed E-state index contributed by atoms with van der Waals surface area (Å²) in [5.74, 6) is 0.119. The topological polar surface area (TPSA) is 26.3 Å². The molecule has 0 amide bonds.